The highest BCUT2D eigenvalue weighted by Gasteiger charge is 2.29. The van der Waals surface area contributed by atoms with Crippen molar-refractivity contribution < 1.29 is 28.5 Å². The van der Waals surface area contributed by atoms with Crippen molar-refractivity contribution in [2.45, 2.75) is 44.8 Å². The number of halogens is 1. The van der Waals surface area contributed by atoms with E-state index in [0.29, 0.717) is 10.6 Å². The second-order valence-electron chi connectivity index (χ2n) is 7.27. The first-order chi connectivity index (χ1) is 14.9. The third kappa shape index (κ3) is 6.24. The van der Waals surface area contributed by atoms with Gasteiger partial charge in [0.2, 0.25) is 0 Å². The zero-order chi connectivity index (χ0) is 22.2. The maximum Gasteiger partial charge on any atom is 0.344 e. The van der Waals surface area contributed by atoms with Crippen LogP contribution in [0.15, 0.2) is 48.5 Å². The summed E-state index contributed by atoms with van der Waals surface area (Å²) in [4.78, 5) is 36.4. The van der Waals surface area contributed by atoms with Crippen molar-refractivity contribution in [3.8, 4) is 5.75 Å². The lowest BCUT2D eigenvalue weighted by atomic mass is 9.98. The van der Waals surface area contributed by atoms with Crippen LogP contribution in [0.2, 0.25) is 0 Å². The van der Waals surface area contributed by atoms with Crippen LogP contribution >= 0.6 is 0 Å². The molecule has 1 aliphatic rings. The fraction of sp³-hybridized carbons (Fsp3) is 0.364. The Morgan fingerprint density at radius 3 is 2.48 bits per heavy atom. The van der Waals surface area contributed by atoms with E-state index in [2.05, 4.69) is 0 Å². The minimum absolute atomic E-state index is 0.172. The molecule has 0 radical (unpaired) electrons. The van der Waals surface area contributed by atoms with Gasteiger partial charge in [-0.15, -0.1) is 0 Å². The van der Waals surface area contributed by atoms with E-state index in [4.69, 9.17) is 9.47 Å². The van der Waals surface area contributed by atoms with Crippen LogP contribution in [-0.2, 0) is 16.1 Å². The Morgan fingerprint density at radius 1 is 1.10 bits per heavy atom. The number of esters is 1. The van der Waals surface area contributed by atoms with E-state index < -0.39 is 29.3 Å². The first-order valence-corrected chi connectivity index (χ1v) is 10.1. The summed E-state index contributed by atoms with van der Waals surface area (Å²) in [6.07, 6.45) is 4.47. The molecule has 1 amide bonds. The highest BCUT2D eigenvalue weighted by atomic mass is 19.1. The van der Waals surface area contributed by atoms with Crippen molar-refractivity contribution in [2.75, 3.05) is 6.61 Å². The van der Waals surface area contributed by atoms with E-state index in [-0.39, 0.29) is 24.0 Å². The molecule has 0 saturated heterocycles. The largest absolute Gasteiger partial charge is 0.481 e. The molecule has 1 aliphatic carbocycles. The van der Waals surface area contributed by atoms with Gasteiger partial charge in [0.15, 0.2) is 11.6 Å². The summed E-state index contributed by atoms with van der Waals surface area (Å²) in [5.74, 6) is -2.58. The minimum Gasteiger partial charge on any atom is -0.481 e. The molecule has 164 valence electrons. The van der Waals surface area contributed by atoms with Gasteiger partial charge >= 0.3 is 11.9 Å². The van der Waals surface area contributed by atoms with Crippen LogP contribution in [0.5, 0.6) is 5.75 Å². The smallest absolute Gasteiger partial charge is 0.344 e. The Bertz CT molecular complexity index is 931. The van der Waals surface area contributed by atoms with Crippen LogP contribution in [0, 0.1) is 15.9 Å². The SMILES string of the molecule is O=C(COc1cc(F)ccc1C(=O)N(Cc1ccccc1)[N+](=O)[O-])OC1CCCCC1. The number of hydrogen-bond acceptors (Lipinski definition) is 6. The van der Waals surface area contributed by atoms with Crippen molar-refractivity contribution in [1.82, 2.24) is 5.01 Å². The molecule has 2 aromatic carbocycles. The topological polar surface area (TPSA) is 99.0 Å². The molecule has 0 aliphatic heterocycles. The molecule has 0 bridgehead atoms. The lowest BCUT2D eigenvalue weighted by molar-refractivity contribution is -0.635. The van der Waals surface area contributed by atoms with Crippen molar-refractivity contribution >= 4 is 11.9 Å². The number of nitro groups is 1. The van der Waals surface area contributed by atoms with Crippen LogP contribution in [-0.4, -0.2) is 34.6 Å². The molecule has 9 heteroatoms. The molecule has 8 nitrogen and oxygen atoms in total. The Balaban J connectivity index is 1.72. The van der Waals surface area contributed by atoms with Crippen molar-refractivity contribution in [3.63, 3.8) is 0 Å². The summed E-state index contributed by atoms with van der Waals surface area (Å²) in [5, 5.41) is 11.1. The number of nitrogens with zero attached hydrogens (tertiary/aromatic N) is 2. The van der Waals surface area contributed by atoms with Crippen molar-refractivity contribution in [1.29, 1.82) is 0 Å². The average Bonchev–Trinajstić information content (AvgIpc) is 2.77. The third-order valence-corrected chi connectivity index (χ3v) is 4.98. The highest BCUT2D eigenvalue weighted by molar-refractivity contribution is 5.96. The summed E-state index contributed by atoms with van der Waals surface area (Å²) in [6.45, 7) is -0.815. The van der Waals surface area contributed by atoms with Gasteiger partial charge in [0, 0.05) is 6.07 Å². The lowest BCUT2D eigenvalue weighted by Gasteiger charge is -2.22. The maximum atomic E-state index is 13.8. The van der Waals surface area contributed by atoms with Gasteiger partial charge in [0.25, 0.3) is 0 Å². The predicted octanol–water partition coefficient (Wildman–Crippen LogP) is 3.91. The Hall–Kier alpha value is -3.49. The summed E-state index contributed by atoms with van der Waals surface area (Å²) in [6, 6.07) is 11.5. The summed E-state index contributed by atoms with van der Waals surface area (Å²) < 4.78 is 24.4. The normalized spacial score (nSPS) is 14.0. The molecule has 0 spiro atoms. The second kappa shape index (κ2) is 10.5. The van der Waals surface area contributed by atoms with Crippen LogP contribution in [0.1, 0.15) is 48.0 Å². The monoisotopic (exact) mass is 430 g/mol. The molecule has 2 aromatic rings. The molecule has 0 aromatic heterocycles. The zero-order valence-corrected chi connectivity index (χ0v) is 16.9. The fourth-order valence-corrected chi connectivity index (χ4v) is 3.43. The molecule has 1 fully saturated rings. The molecular weight excluding hydrogens is 407 g/mol. The number of carbonyl (C=O) groups is 2. The van der Waals surface area contributed by atoms with E-state index in [1.165, 1.54) is 0 Å². The van der Waals surface area contributed by atoms with Gasteiger partial charge in [0.1, 0.15) is 24.2 Å². The molecular formula is C22H23FN2O6. The quantitative estimate of drug-likeness (QED) is 0.358. The Morgan fingerprint density at radius 2 is 1.81 bits per heavy atom. The molecule has 3 rings (SSSR count). The summed E-state index contributed by atoms with van der Waals surface area (Å²) in [5.41, 5.74) is 0.327. The van der Waals surface area contributed by atoms with E-state index in [1.807, 2.05) is 0 Å². The predicted molar refractivity (Wildman–Crippen MR) is 108 cm³/mol. The van der Waals surface area contributed by atoms with E-state index in [0.717, 1.165) is 50.3 Å². The zero-order valence-electron chi connectivity index (χ0n) is 16.9. The molecule has 1 saturated carbocycles. The average molecular weight is 430 g/mol. The Labute approximate surface area is 178 Å². The van der Waals surface area contributed by atoms with Gasteiger partial charge in [-0.25, -0.2) is 19.3 Å². The van der Waals surface area contributed by atoms with Crippen molar-refractivity contribution in [3.05, 3.63) is 75.6 Å². The lowest BCUT2D eigenvalue weighted by Crippen LogP contribution is -2.36. The fourth-order valence-electron chi connectivity index (χ4n) is 3.43. The van der Waals surface area contributed by atoms with Gasteiger partial charge in [-0.3, -0.25) is 4.79 Å². The number of amides is 1. The molecule has 0 N–H and O–H groups in total. The maximum absolute atomic E-state index is 13.8. The van der Waals surface area contributed by atoms with Gasteiger partial charge < -0.3 is 9.47 Å². The Kier molecular flexibility index (Phi) is 7.53. The van der Waals surface area contributed by atoms with E-state index in [9.17, 15) is 24.1 Å². The van der Waals surface area contributed by atoms with Gasteiger partial charge in [-0.05, 0) is 43.4 Å². The van der Waals surface area contributed by atoms with Gasteiger partial charge in [-0.1, -0.05) is 41.8 Å². The molecule has 0 heterocycles. The molecule has 31 heavy (non-hydrogen) atoms. The molecule has 0 unspecified atom stereocenters. The third-order valence-electron chi connectivity index (χ3n) is 4.98. The first kappa shape index (κ1) is 22.2. The van der Waals surface area contributed by atoms with Crippen LogP contribution in [0.3, 0.4) is 0 Å². The number of carbonyl (C=O) groups excluding carboxylic acids is 2. The first-order valence-electron chi connectivity index (χ1n) is 10.1. The van der Waals surface area contributed by atoms with E-state index >= 15 is 0 Å². The van der Waals surface area contributed by atoms with Gasteiger partial charge in [-0.2, -0.15) is 0 Å². The number of benzene rings is 2. The standard InChI is InChI=1S/C22H23FN2O6/c23-17-11-12-19(22(27)24(25(28)29)14-16-7-3-1-4-8-16)20(13-17)30-15-21(26)31-18-9-5-2-6-10-18/h1,3-4,7-8,11-13,18H,2,5-6,9-10,14-15H2. The summed E-state index contributed by atoms with van der Waals surface area (Å²) >= 11 is 0. The van der Waals surface area contributed by atoms with Crippen LogP contribution in [0.4, 0.5) is 4.39 Å². The minimum atomic E-state index is -0.982. The van der Waals surface area contributed by atoms with Crippen molar-refractivity contribution in [2.24, 2.45) is 0 Å². The van der Waals surface area contributed by atoms with Crippen LogP contribution in [0.25, 0.3) is 0 Å². The second-order valence-corrected chi connectivity index (χ2v) is 7.27. The molecule has 0 atom stereocenters. The number of rotatable bonds is 8. The van der Waals surface area contributed by atoms with Gasteiger partial charge in [0.05, 0.1) is 5.56 Å². The number of ether oxygens (including phenoxy) is 2. The van der Waals surface area contributed by atoms with E-state index in [1.54, 1.807) is 30.3 Å². The van der Waals surface area contributed by atoms with Crippen LogP contribution < -0.4 is 4.74 Å². The number of hydrazine groups is 1. The highest BCUT2D eigenvalue weighted by Crippen LogP contribution is 2.24. The summed E-state index contributed by atoms with van der Waals surface area (Å²) in [7, 11) is 0. The number of hydrogen-bond donors (Lipinski definition) is 0.